The molecule has 2 aromatic rings. The number of ketones is 1. The van der Waals surface area contributed by atoms with Gasteiger partial charge < -0.3 is 10.1 Å². The second kappa shape index (κ2) is 10.5. The van der Waals surface area contributed by atoms with E-state index in [0.29, 0.717) is 11.3 Å². The summed E-state index contributed by atoms with van der Waals surface area (Å²) in [6, 6.07) is 12.5. The Morgan fingerprint density at radius 3 is 2.30 bits per heavy atom. The monoisotopic (exact) mass is 389 g/mol. The van der Waals surface area contributed by atoms with Crippen molar-refractivity contribution in [1.82, 2.24) is 0 Å². The molecule has 0 fully saturated rings. The van der Waals surface area contributed by atoms with Crippen LogP contribution in [-0.4, -0.2) is 35.8 Å². The van der Waals surface area contributed by atoms with Gasteiger partial charge in [-0.05, 0) is 36.2 Å². The van der Waals surface area contributed by atoms with Crippen molar-refractivity contribution in [2.45, 2.75) is 13.3 Å². The van der Waals surface area contributed by atoms with E-state index in [4.69, 9.17) is 4.74 Å². The Balaban J connectivity index is 1.65. The lowest BCUT2D eigenvalue weighted by Crippen LogP contribution is -2.18. The highest BCUT2D eigenvalue weighted by Crippen LogP contribution is 2.10. The third kappa shape index (κ3) is 7.22. The predicted octanol–water partition coefficient (Wildman–Crippen LogP) is 3.49. The van der Waals surface area contributed by atoms with Crippen LogP contribution in [0, 0.1) is 5.82 Å². The highest BCUT2D eigenvalue weighted by Gasteiger charge is 2.11. The maximum atomic E-state index is 12.8. The van der Waals surface area contributed by atoms with Gasteiger partial charge in [-0.2, -0.15) is 0 Å². The van der Waals surface area contributed by atoms with E-state index in [-0.39, 0.29) is 35.6 Å². The van der Waals surface area contributed by atoms with Crippen LogP contribution in [-0.2, 0) is 20.7 Å². The van der Waals surface area contributed by atoms with Gasteiger partial charge in [0.2, 0.25) is 5.91 Å². The number of hydrogen-bond donors (Lipinski definition) is 1. The Bertz CT molecular complexity index is 791. The lowest BCUT2D eigenvalue weighted by Gasteiger charge is -2.06. The molecule has 0 radical (unpaired) electrons. The summed E-state index contributed by atoms with van der Waals surface area (Å²) in [6.07, 6.45) is 0.884. The Labute approximate surface area is 161 Å². The topological polar surface area (TPSA) is 72.5 Å². The fourth-order valence-electron chi connectivity index (χ4n) is 2.15. The minimum Gasteiger partial charge on any atom is -0.457 e. The zero-order valence-corrected chi connectivity index (χ0v) is 15.7. The van der Waals surface area contributed by atoms with Crippen LogP contribution in [0.15, 0.2) is 48.5 Å². The summed E-state index contributed by atoms with van der Waals surface area (Å²) in [5.41, 5.74) is 2.09. The van der Waals surface area contributed by atoms with E-state index in [0.717, 1.165) is 23.7 Å². The number of amides is 1. The van der Waals surface area contributed by atoms with Crippen LogP contribution in [0.4, 0.5) is 10.1 Å². The third-order valence-corrected chi connectivity index (χ3v) is 4.54. The first kappa shape index (κ1) is 20.6. The van der Waals surface area contributed by atoms with Gasteiger partial charge in [-0.3, -0.25) is 14.4 Å². The Morgan fingerprint density at radius 1 is 1.00 bits per heavy atom. The molecule has 0 aliphatic rings. The van der Waals surface area contributed by atoms with Crippen LogP contribution in [0.3, 0.4) is 0 Å². The lowest BCUT2D eigenvalue weighted by atomic mass is 10.1. The van der Waals surface area contributed by atoms with E-state index in [1.807, 2.05) is 19.1 Å². The minimum atomic E-state index is -0.562. The maximum absolute atomic E-state index is 12.8. The molecule has 0 saturated heterocycles. The molecular weight excluding hydrogens is 369 g/mol. The second-order valence-corrected chi connectivity index (χ2v) is 6.67. The quantitative estimate of drug-likeness (QED) is 0.525. The number of esters is 1. The molecule has 0 saturated carbocycles. The van der Waals surface area contributed by atoms with Crippen molar-refractivity contribution in [3.63, 3.8) is 0 Å². The van der Waals surface area contributed by atoms with E-state index < -0.39 is 5.97 Å². The summed E-state index contributed by atoms with van der Waals surface area (Å²) in [5.74, 6) is -1.54. The first-order chi connectivity index (χ1) is 13.0. The van der Waals surface area contributed by atoms with E-state index >= 15 is 0 Å². The van der Waals surface area contributed by atoms with Gasteiger partial charge in [0, 0.05) is 11.3 Å². The smallest absolute Gasteiger partial charge is 0.316 e. The predicted molar refractivity (Wildman–Crippen MR) is 103 cm³/mol. The number of halogens is 1. The van der Waals surface area contributed by atoms with Gasteiger partial charge in [0.25, 0.3) is 0 Å². The second-order valence-electron chi connectivity index (χ2n) is 5.68. The van der Waals surface area contributed by atoms with Gasteiger partial charge >= 0.3 is 5.97 Å². The summed E-state index contributed by atoms with van der Waals surface area (Å²) in [6.45, 7) is 1.70. The highest BCUT2D eigenvalue weighted by molar-refractivity contribution is 8.00. The summed E-state index contributed by atoms with van der Waals surface area (Å²) in [5, 5.41) is 2.59. The molecule has 0 aliphatic heterocycles. The van der Waals surface area contributed by atoms with Crippen LogP contribution in [0.1, 0.15) is 22.8 Å². The molecule has 142 valence electrons. The van der Waals surface area contributed by atoms with Gasteiger partial charge in [-0.1, -0.05) is 31.2 Å². The molecule has 0 aliphatic carbocycles. The number of aryl methyl sites for hydroxylation is 1. The molecule has 1 amide bonds. The van der Waals surface area contributed by atoms with Crippen LogP contribution >= 0.6 is 11.8 Å². The van der Waals surface area contributed by atoms with E-state index in [2.05, 4.69) is 5.32 Å². The number of anilines is 1. The van der Waals surface area contributed by atoms with Crippen molar-refractivity contribution >= 4 is 35.1 Å². The summed E-state index contributed by atoms with van der Waals surface area (Å²) < 4.78 is 17.7. The average Bonchev–Trinajstić information content (AvgIpc) is 2.68. The van der Waals surface area contributed by atoms with Crippen LogP contribution in [0.2, 0.25) is 0 Å². The van der Waals surface area contributed by atoms with E-state index in [1.54, 1.807) is 12.1 Å². The Morgan fingerprint density at radius 2 is 1.67 bits per heavy atom. The molecule has 7 heteroatoms. The number of Topliss-reactive ketones (excluding diaryl/α,β-unsaturated/α-hetero) is 1. The number of benzene rings is 2. The van der Waals surface area contributed by atoms with Crippen LogP contribution in [0.25, 0.3) is 0 Å². The SMILES string of the molecule is CCc1ccc(C(=O)COC(=O)CSCC(=O)Nc2ccc(F)cc2)cc1. The number of rotatable bonds is 9. The van der Waals surface area contributed by atoms with Gasteiger partial charge in [-0.15, -0.1) is 11.8 Å². The van der Waals surface area contributed by atoms with E-state index in [9.17, 15) is 18.8 Å². The lowest BCUT2D eigenvalue weighted by molar-refractivity contribution is -0.139. The number of carbonyl (C=O) groups excluding carboxylic acids is 3. The third-order valence-electron chi connectivity index (χ3n) is 3.63. The molecule has 27 heavy (non-hydrogen) atoms. The number of nitrogens with one attached hydrogen (secondary N) is 1. The van der Waals surface area contributed by atoms with Crippen molar-refractivity contribution in [2.24, 2.45) is 0 Å². The first-order valence-electron chi connectivity index (χ1n) is 8.39. The minimum absolute atomic E-state index is 0.0406. The molecular formula is C20H20FNO4S. The van der Waals surface area contributed by atoms with Crippen LogP contribution < -0.4 is 5.32 Å². The van der Waals surface area contributed by atoms with Crippen molar-refractivity contribution in [3.05, 3.63) is 65.5 Å². The van der Waals surface area contributed by atoms with Crippen LogP contribution in [0.5, 0.6) is 0 Å². The van der Waals surface area contributed by atoms with E-state index in [1.165, 1.54) is 24.3 Å². The average molecular weight is 389 g/mol. The number of thioether (sulfide) groups is 1. The molecule has 2 rings (SSSR count). The van der Waals surface area contributed by atoms with Gasteiger partial charge in [-0.25, -0.2) is 4.39 Å². The molecule has 0 spiro atoms. The van der Waals surface area contributed by atoms with Gasteiger partial charge in [0.05, 0.1) is 11.5 Å². The molecule has 0 bridgehead atoms. The van der Waals surface area contributed by atoms with Crippen molar-refractivity contribution < 1.29 is 23.5 Å². The Hall–Kier alpha value is -2.67. The number of hydrogen-bond acceptors (Lipinski definition) is 5. The van der Waals surface area contributed by atoms with Crippen molar-refractivity contribution in [1.29, 1.82) is 0 Å². The normalized spacial score (nSPS) is 10.3. The summed E-state index contributed by atoms with van der Waals surface area (Å²) in [7, 11) is 0. The maximum Gasteiger partial charge on any atom is 0.316 e. The fraction of sp³-hybridized carbons (Fsp3) is 0.250. The fourth-order valence-corrected chi connectivity index (χ4v) is 2.76. The summed E-state index contributed by atoms with van der Waals surface area (Å²) in [4.78, 5) is 35.4. The number of carbonyl (C=O) groups is 3. The van der Waals surface area contributed by atoms with Gasteiger partial charge in [0.15, 0.2) is 12.4 Å². The Kier molecular flexibility index (Phi) is 8.00. The first-order valence-corrected chi connectivity index (χ1v) is 9.54. The highest BCUT2D eigenvalue weighted by atomic mass is 32.2. The number of ether oxygens (including phenoxy) is 1. The zero-order chi connectivity index (χ0) is 19.6. The standard InChI is InChI=1S/C20H20FNO4S/c1-2-14-3-5-15(6-4-14)18(23)11-26-20(25)13-27-12-19(24)22-17-9-7-16(21)8-10-17/h3-10H,2,11-13H2,1H3,(H,22,24). The molecule has 5 nitrogen and oxygen atoms in total. The largest absolute Gasteiger partial charge is 0.457 e. The summed E-state index contributed by atoms with van der Waals surface area (Å²) >= 11 is 1.07. The molecule has 1 N–H and O–H groups in total. The molecule has 0 atom stereocenters. The van der Waals surface area contributed by atoms with Crippen molar-refractivity contribution in [2.75, 3.05) is 23.4 Å². The molecule has 0 heterocycles. The van der Waals surface area contributed by atoms with Gasteiger partial charge in [0.1, 0.15) is 5.82 Å². The molecule has 0 unspecified atom stereocenters. The zero-order valence-electron chi connectivity index (χ0n) is 14.9. The molecule has 0 aromatic heterocycles. The van der Waals surface area contributed by atoms with Crippen molar-refractivity contribution in [3.8, 4) is 0 Å². The molecule has 2 aromatic carbocycles.